The fourth-order valence-electron chi connectivity index (χ4n) is 2.19. The van der Waals surface area contributed by atoms with Gasteiger partial charge in [0.2, 0.25) is 0 Å². The number of nitrogens with one attached hydrogen (secondary N) is 1. The van der Waals surface area contributed by atoms with Crippen molar-refractivity contribution in [2.24, 2.45) is 0 Å². The Labute approximate surface area is 126 Å². The molecule has 0 saturated heterocycles. The number of aromatic nitrogens is 2. The van der Waals surface area contributed by atoms with E-state index in [1.807, 2.05) is 43.4 Å². The minimum absolute atomic E-state index is 0.580. The summed E-state index contributed by atoms with van der Waals surface area (Å²) in [6.45, 7) is 0. The Morgan fingerprint density at radius 2 is 1.55 bits per heavy atom. The summed E-state index contributed by atoms with van der Waals surface area (Å²) in [7, 11) is 1.83. The minimum atomic E-state index is 0.580. The van der Waals surface area contributed by atoms with E-state index in [0.717, 1.165) is 27.8 Å². The number of nitrogens with zero attached hydrogens (tertiary/aromatic N) is 2. The summed E-state index contributed by atoms with van der Waals surface area (Å²) < 4.78 is 0. The highest BCUT2D eigenvalue weighted by Crippen LogP contribution is 2.32. The van der Waals surface area contributed by atoms with Gasteiger partial charge in [0.25, 0.3) is 0 Å². The summed E-state index contributed by atoms with van der Waals surface area (Å²) in [4.78, 5) is 0. The standard InChI is InChI=1S/C15H11Cl2N3/c1-18-15-13-5-3-2-4-12(13)14(19-20-15)9-6-10(16)8-11(17)7-9/h2-8H,1H3,(H,18,20). The van der Waals surface area contributed by atoms with Crippen LogP contribution in [0.2, 0.25) is 10.0 Å². The van der Waals surface area contributed by atoms with Crippen LogP contribution in [-0.2, 0) is 0 Å². The van der Waals surface area contributed by atoms with Crippen molar-refractivity contribution in [3.05, 3.63) is 52.5 Å². The van der Waals surface area contributed by atoms with E-state index < -0.39 is 0 Å². The molecule has 3 aromatic rings. The number of anilines is 1. The lowest BCUT2D eigenvalue weighted by molar-refractivity contribution is 1.06. The lowest BCUT2D eigenvalue weighted by Crippen LogP contribution is -1.98. The molecule has 0 amide bonds. The van der Waals surface area contributed by atoms with Gasteiger partial charge in [0.15, 0.2) is 5.82 Å². The summed E-state index contributed by atoms with van der Waals surface area (Å²) in [6, 6.07) is 13.3. The lowest BCUT2D eigenvalue weighted by Gasteiger charge is -2.09. The van der Waals surface area contributed by atoms with E-state index in [-0.39, 0.29) is 0 Å². The summed E-state index contributed by atoms with van der Waals surface area (Å²) in [5.41, 5.74) is 1.62. The van der Waals surface area contributed by atoms with Crippen molar-refractivity contribution < 1.29 is 0 Å². The molecule has 1 aromatic heterocycles. The average molecular weight is 304 g/mol. The summed E-state index contributed by atoms with van der Waals surface area (Å²) in [5.74, 6) is 0.748. The number of rotatable bonds is 2. The van der Waals surface area contributed by atoms with Crippen molar-refractivity contribution in [1.29, 1.82) is 0 Å². The summed E-state index contributed by atoms with van der Waals surface area (Å²) in [5, 5.41) is 14.7. The molecule has 0 fully saturated rings. The fourth-order valence-corrected chi connectivity index (χ4v) is 2.72. The van der Waals surface area contributed by atoms with Gasteiger partial charge in [0, 0.05) is 33.4 Å². The van der Waals surface area contributed by atoms with Crippen LogP contribution in [0.4, 0.5) is 5.82 Å². The molecule has 0 radical (unpaired) electrons. The summed E-state index contributed by atoms with van der Waals surface area (Å²) >= 11 is 12.1. The zero-order chi connectivity index (χ0) is 14.1. The first kappa shape index (κ1) is 13.2. The van der Waals surface area contributed by atoms with Crippen molar-refractivity contribution in [3.63, 3.8) is 0 Å². The molecule has 3 rings (SSSR count). The second kappa shape index (κ2) is 5.27. The van der Waals surface area contributed by atoms with Gasteiger partial charge in [0.1, 0.15) is 5.69 Å². The second-order valence-electron chi connectivity index (χ2n) is 4.35. The molecule has 3 nitrogen and oxygen atoms in total. The molecule has 1 heterocycles. The van der Waals surface area contributed by atoms with Gasteiger partial charge in [-0.25, -0.2) is 0 Å². The molecule has 1 N–H and O–H groups in total. The molecule has 100 valence electrons. The van der Waals surface area contributed by atoms with Crippen LogP contribution in [0.25, 0.3) is 22.0 Å². The van der Waals surface area contributed by atoms with Crippen LogP contribution in [0.3, 0.4) is 0 Å². The first-order valence-electron chi connectivity index (χ1n) is 6.08. The number of benzene rings is 2. The molecule has 0 saturated carbocycles. The smallest absolute Gasteiger partial charge is 0.156 e. The third-order valence-corrected chi connectivity index (χ3v) is 3.50. The molecule has 0 atom stereocenters. The Bertz CT molecular complexity index is 767. The van der Waals surface area contributed by atoms with E-state index in [1.54, 1.807) is 6.07 Å². The average Bonchev–Trinajstić information content (AvgIpc) is 2.45. The van der Waals surface area contributed by atoms with Crippen molar-refractivity contribution in [2.75, 3.05) is 12.4 Å². The van der Waals surface area contributed by atoms with Gasteiger partial charge >= 0.3 is 0 Å². The van der Waals surface area contributed by atoms with Gasteiger partial charge in [-0.3, -0.25) is 0 Å². The third kappa shape index (κ3) is 2.30. The van der Waals surface area contributed by atoms with E-state index in [2.05, 4.69) is 15.5 Å². The number of hydrogen-bond acceptors (Lipinski definition) is 3. The van der Waals surface area contributed by atoms with Crippen LogP contribution in [0.1, 0.15) is 0 Å². The van der Waals surface area contributed by atoms with Gasteiger partial charge in [-0.2, -0.15) is 0 Å². The normalized spacial score (nSPS) is 10.8. The second-order valence-corrected chi connectivity index (χ2v) is 5.22. The maximum atomic E-state index is 6.06. The topological polar surface area (TPSA) is 37.8 Å². The Hall–Kier alpha value is -1.84. The molecule has 20 heavy (non-hydrogen) atoms. The molecule has 0 unspecified atom stereocenters. The zero-order valence-electron chi connectivity index (χ0n) is 10.7. The van der Waals surface area contributed by atoms with Crippen LogP contribution in [0, 0.1) is 0 Å². The molecular weight excluding hydrogens is 293 g/mol. The Balaban J connectivity index is 2.31. The van der Waals surface area contributed by atoms with Gasteiger partial charge < -0.3 is 5.32 Å². The van der Waals surface area contributed by atoms with Gasteiger partial charge in [-0.15, -0.1) is 10.2 Å². The molecule has 0 aliphatic heterocycles. The first-order chi connectivity index (χ1) is 9.69. The number of fused-ring (bicyclic) bond motifs is 1. The van der Waals surface area contributed by atoms with Crippen LogP contribution < -0.4 is 5.32 Å². The Morgan fingerprint density at radius 1 is 0.900 bits per heavy atom. The monoisotopic (exact) mass is 303 g/mol. The predicted molar refractivity (Wildman–Crippen MR) is 84.5 cm³/mol. The van der Waals surface area contributed by atoms with Crippen LogP contribution in [0.15, 0.2) is 42.5 Å². The van der Waals surface area contributed by atoms with E-state index >= 15 is 0 Å². The molecule has 0 bridgehead atoms. The van der Waals surface area contributed by atoms with Crippen molar-refractivity contribution in [3.8, 4) is 11.3 Å². The minimum Gasteiger partial charge on any atom is -0.371 e. The molecule has 5 heteroatoms. The fraction of sp³-hybridized carbons (Fsp3) is 0.0667. The highest BCUT2D eigenvalue weighted by Gasteiger charge is 2.11. The van der Waals surface area contributed by atoms with Gasteiger partial charge in [0.05, 0.1) is 0 Å². The molecule has 0 spiro atoms. The largest absolute Gasteiger partial charge is 0.371 e. The Morgan fingerprint density at radius 3 is 2.20 bits per heavy atom. The van der Waals surface area contributed by atoms with E-state index in [0.29, 0.717) is 10.0 Å². The summed E-state index contributed by atoms with van der Waals surface area (Å²) in [6.07, 6.45) is 0. The third-order valence-electron chi connectivity index (χ3n) is 3.06. The highest BCUT2D eigenvalue weighted by molar-refractivity contribution is 6.35. The first-order valence-corrected chi connectivity index (χ1v) is 6.84. The van der Waals surface area contributed by atoms with Crippen LogP contribution in [-0.4, -0.2) is 17.2 Å². The van der Waals surface area contributed by atoms with E-state index in [4.69, 9.17) is 23.2 Å². The van der Waals surface area contributed by atoms with Crippen LogP contribution >= 0.6 is 23.2 Å². The molecule has 0 aliphatic rings. The highest BCUT2D eigenvalue weighted by atomic mass is 35.5. The van der Waals surface area contributed by atoms with Gasteiger partial charge in [-0.05, 0) is 18.2 Å². The SMILES string of the molecule is CNc1nnc(-c2cc(Cl)cc(Cl)c2)c2ccccc12. The molecular formula is C15H11Cl2N3. The van der Waals surface area contributed by atoms with Crippen molar-refractivity contribution in [2.45, 2.75) is 0 Å². The van der Waals surface area contributed by atoms with E-state index in [1.165, 1.54) is 0 Å². The maximum Gasteiger partial charge on any atom is 0.156 e. The van der Waals surface area contributed by atoms with Crippen molar-refractivity contribution >= 4 is 39.8 Å². The van der Waals surface area contributed by atoms with E-state index in [9.17, 15) is 0 Å². The van der Waals surface area contributed by atoms with Gasteiger partial charge in [-0.1, -0.05) is 47.5 Å². The quantitative estimate of drug-likeness (QED) is 0.749. The maximum absolute atomic E-state index is 6.06. The zero-order valence-corrected chi connectivity index (χ0v) is 12.2. The molecule has 2 aromatic carbocycles. The molecule has 0 aliphatic carbocycles. The number of halogens is 2. The lowest BCUT2D eigenvalue weighted by atomic mass is 10.0. The number of hydrogen-bond donors (Lipinski definition) is 1. The predicted octanol–water partition coefficient (Wildman–Crippen LogP) is 4.65. The van der Waals surface area contributed by atoms with Crippen LogP contribution in [0.5, 0.6) is 0 Å². The Kier molecular flexibility index (Phi) is 3.47. The van der Waals surface area contributed by atoms with Crippen molar-refractivity contribution in [1.82, 2.24) is 10.2 Å².